The fourth-order valence-electron chi connectivity index (χ4n) is 4.44. The summed E-state index contributed by atoms with van der Waals surface area (Å²) in [6, 6.07) is 13.5. The molecule has 1 saturated heterocycles. The van der Waals surface area contributed by atoms with E-state index in [0.29, 0.717) is 37.3 Å². The molecule has 1 aliphatic rings. The van der Waals surface area contributed by atoms with Gasteiger partial charge in [-0.1, -0.05) is 35.0 Å². The number of likely N-dealkylation sites (tertiary alicyclic amines) is 1. The fraction of sp³-hybridized carbons (Fsp3) is 0.360. The number of aryl methyl sites for hydroxylation is 1. The van der Waals surface area contributed by atoms with Gasteiger partial charge in [-0.05, 0) is 31.9 Å². The van der Waals surface area contributed by atoms with Crippen LogP contribution >= 0.6 is 0 Å². The quantitative estimate of drug-likeness (QED) is 0.616. The molecular formula is C25H28N4O3. The van der Waals surface area contributed by atoms with Crippen LogP contribution in [0.2, 0.25) is 0 Å². The predicted molar refractivity (Wildman–Crippen MR) is 121 cm³/mol. The van der Waals surface area contributed by atoms with Gasteiger partial charge in [-0.2, -0.15) is 0 Å². The highest BCUT2D eigenvalue weighted by Gasteiger charge is 2.45. The maximum absolute atomic E-state index is 13.4. The Morgan fingerprint density at radius 1 is 1.19 bits per heavy atom. The van der Waals surface area contributed by atoms with Crippen molar-refractivity contribution in [3.05, 3.63) is 71.7 Å². The summed E-state index contributed by atoms with van der Waals surface area (Å²) >= 11 is 0. The van der Waals surface area contributed by atoms with Gasteiger partial charge in [-0.3, -0.25) is 14.6 Å². The minimum Gasteiger partial charge on any atom is -0.361 e. The molecule has 1 aliphatic heterocycles. The van der Waals surface area contributed by atoms with Gasteiger partial charge in [0.2, 0.25) is 5.91 Å². The molecule has 1 aromatic carbocycles. The molecular weight excluding hydrogens is 404 g/mol. The van der Waals surface area contributed by atoms with Gasteiger partial charge < -0.3 is 14.3 Å². The number of carbonyl (C=O) groups excluding carboxylic acids is 2. The number of pyridine rings is 1. The van der Waals surface area contributed by atoms with Gasteiger partial charge in [0.15, 0.2) is 0 Å². The first kappa shape index (κ1) is 21.7. The van der Waals surface area contributed by atoms with Crippen LogP contribution in [0.1, 0.15) is 34.5 Å². The lowest BCUT2D eigenvalue weighted by Crippen LogP contribution is -2.54. The lowest BCUT2D eigenvalue weighted by Gasteiger charge is -2.42. The van der Waals surface area contributed by atoms with Crippen LogP contribution in [0.3, 0.4) is 0 Å². The third-order valence-corrected chi connectivity index (χ3v) is 6.05. The highest BCUT2D eigenvalue weighted by Crippen LogP contribution is 2.37. The molecule has 2 amide bonds. The van der Waals surface area contributed by atoms with Crippen LogP contribution in [0, 0.1) is 12.3 Å². The fourth-order valence-corrected chi connectivity index (χ4v) is 4.44. The minimum atomic E-state index is -0.760. The summed E-state index contributed by atoms with van der Waals surface area (Å²) in [7, 11) is 3.51. The van der Waals surface area contributed by atoms with E-state index >= 15 is 0 Å². The Morgan fingerprint density at radius 2 is 1.97 bits per heavy atom. The zero-order valence-corrected chi connectivity index (χ0v) is 18.7. The number of amides is 2. The number of aromatic nitrogens is 2. The van der Waals surface area contributed by atoms with E-state index in [9.17, 15) is 9.59 Å². The molecule has 2 aromatic heterocycles. The molecule has 7 nitrogen and oxygen atoms in total. The van der Waals surface area contributed by atoms with Crippen molar-refractivity contribution in [1.82, 2.24) is 19.9 Å². The molecule has 7 heteroatoms. The van der Waals surface area contributed by atoms with Crippen molar-refractivity contribution in [3.63, 3.8) is 0 Å². The second-order valence-corrected chi connectivity index (χ2v) is 8.77. The molecule has 0 aliphatic carbocycles. The zero-order valence-electron chi connectivity index (χ0n) is 18.7. The van der Waals surface area contributed by atoms with Gasteiger partial charge in [-0.15, -0.1) is 0 Å². The van der Waals surface area contributed by atoms with Gasteiger partial charge in [-0.25, -0.2) is 0 Å². The standard InChI is InChI=1S/C25H28N4O3/c1-18-7-9-19(10-8-18)22-14-21(32-27-22)15-25(24(31)28(2)3)11-5-13-29(17-25)23(30)20-6-4-12-26-16-20/h4,6-10,12,14,16H,5,11,13,15,17H2,1-3H3/t25-/m1/s1. The van der Waals surface area contributed by atoms with Crippen LogP contribution in [-0.4, -0.2) is 58.9 Å². The van der Waals surface area contributed by atoms with Crippen LogP contribution in [0.25, 0.3) is 11.3 Å². The average molecular weight is 433 g/mol. The summed E-state index contributed by atoms with van der Waals surface area (Å²) in [5.41, 5.74) is 2.65. The first-order valence-electron chi connectivity index (χ1n) is 10.8. The summed E-state index contributed by atoms with van der Waals surface area (Å²) in [6.07, 6.45) is 5.02. The van der Waals surface area contributed by atoms with E-state index in [2.05, 4.69) is 10.1 Å². The second kappa shape index (κ2) is 8.94. The lowest BCUT2D eigenvalue weighted by atomic mass is 9.75. The van der Waals surface area contributed by atoms with Crippen molar-refractivity contribution < 1.29 is 14.1 Å². The monoisotopic (exact) mass is 432 g/mol. The van der Waals surface area contributed by atoms with Crippen molar-refractivity contribution in [2.45, 2.75) is 26.2 Å². The van der Waals surface area contributed by atoms with E-state index in [1.807, 2.05) is 37.3 Å². The van der Waals surface area contributed by atoms with Gasteiger partial charge in [0.1, 0.15) is 11.5 Å². The van der Waals surface area contributed by atoms with E-state index in [0.717, 1.165) is 17.7 Å². The van der Waals surface area contributed by atoms with Crippen LogP contribution in [-0.2, 0) is 11.2 Å². The average Bonchev–Trinajstić information content (AvgIpc) is 3.27. The minimum absolute atomic E-state index is 0.00512. The van der Waals surface area contributed by atoms with Gasteiger partial charge >= 0.3 is 0 Å². The largest absolute Gasteiger partial charge is 0.361 e. The van der Waals surface area contributed by atoms with Gasteiger partial charge in [0, 0.05) is 57.6 Å². The van der Waals surface area contributed by atoms with Crippen molar-refractivity contribution >= 4 is 11.8 Å². The lowest BCUT2D eigenvalue weighted by molar-refractivity contribution is -0.142. The maximum Gasteiger partial charge on any atom is 0.255 e. The Bertz CT molecular complexity index is 1090. The SMILES string of the molecule is Cc1ccc(-c2cc(C[C@]3(C(=O)N(C)C)CCCN(C(=O)c4cccnc4)C3)on2)cc1. The van der Waals surface area contributed by atoms with E-state index in [4.69, 9.17) is 4.52 Å². The number of piperidine rings is 1. The number of benzene rings is 1. The van der Waals surface area contributed by atoms with Crippen molar-refractivity contribution in [3.8, 4) is 11.3 Å². The number of carbonyl (C=O) groups is 2. The molecule has 32 heavy (non-hydrogen) atoms. The normalized spacial score (nSPS) is 18.4. The molecule has 3 heterocycles. The van der Waals surface area contributed by atoms with Crippen LogP contribution in [0.15, 0.2) is 59.4 Å². The van der Waals surface area contributed by atoms with Crippen LogP contribution in [0.4, 0.5) is 0 Å². The molecule has 166 valence electrons. The van der Waals surface area contributed by atoms with E-state index < -0.39 is 5.41 Å². The van der Waals surface area contributed by atoms with Crippen molar-refractivity contribution in [1.29, 1.82) is 0 Å². The molecule has 0 bridgehead atoms. The third kappa shape index (κ3) is 4.42. The summed E-state index contributed by atoms with van der Waals surface area (Å²) < 4.78 is 5.65. The maximum atomic E-state index is 13.4. The number of rotatable bonds is 5. The Kier molecular flexibility index (Phi) is 6.08. The van der Waals surface area contributed by atoms with Gasteiger partial charge in [0.05, 0.1) is 11.0 Å². The molecule has 0 radical (unpaired) electrons. The third-order valence-electron chi connectivity index (χ3n) is 6.05. The Balaban J connectivity index is 1.60. The topological polar surface area (TPSA) is 79.5 Å². The zero-order chi connectivity index (χ0) is 22.7. The smallest absolute Gasteiger partial charge is 0.255 e. The Labute approximate surface area is 188 Å². The molecule has 0 saturated carbocycles. The molecule has 1 fully saturated rings. The Morgan fingerprint density at radius 3 is 2.66 bits per heavy atom. The van der Waals surface area contributed by atoms with E-state index in [1.165, 1.54) is 5.56 Å². The number of hydrogen-bond acceptors (Lipinski definition) is 5. The highest BCUT2D eigenvalue weighted by atomic mass is 16.5. The summed E-state index contributed by atoms with van der Waals surface area (Å²) in [6.45, 7) is 2.98. The number of hydrogen-bond donors (Lipinski definition) is 0. The second-order valence-electron chi connectivity index (χ2n) is 8.77. The first-order valence-corrected chi connectivity index (χ1v) is 10.8. The van der Waals surface area contributed by atoms with Crippen molar-refractivity contribution in [2.75, 3.05) is 27.2 Å². The van der Waals surface area contributed by atoms with Gasteiger partial charge in [0.25, 0.3) is 5.91 Å². The highest BCUT2D eigenvalue weighted by molar-refractivity contribution is 5.94. The van der Waals surface area contributed by atoms with E-state index in [1.54, 1.807) is 48.4 Å². The summed E-state index contributed by atoms with van der Waals surface area (Å²) in [4.78, 5) is 33.9. The van der Waals surface area contributed by atoms with Crippen molar-refractivity contribution in [2.24, 2.45) is 5.41 Å². The predicted octanol–water partition coefficient (Wildman–Crippen LogP) is 3.60. The first-order chi connectivity index (χ1) is 15.4. The summed E-state index contributed by atoms with van der Waals surface area (Å²) in [5, 5.41) is 4.23. The number of nitrogens with zero attached hydrogens (tertiary/aromatic N) is 4. The molecule has 3 aromatic rings. The van der Waals surface area contributed by atoms with E-state index in [-0.39, 0.29) is 11.8 Å². The molecule has 0 N–H and O–H groups in total. The molecule has 0 unspecified atom stereocenters. The Hall–Kier alpha value is -3.48. The van der Waals surface area contributed by atoms with Crippen LogP contribution < -0.4 is 0 Å². The molecule has 4 rings (SSSR count). The summed E-state index contributed by atoms with van der Waals surface area (Å²) in [5.74, 6) is 0.535. The van der Waals surface area contributed by atoms with Crippen LogP contribution in [0.5, 0.6) is 0 Å². The molecule has 1 atom stereocenters. The molecule has 0 spiro atoms.